The van der Waals surface area contributed by atoms with E-state index in [9.17, 15) is 13.0 Å². The topological polar surface area (TPSA) is 57.2 Å². The quantitative estimate of drug-likeness (QED) is 0.243. The second-order valence-corrected chi connectivity index (χ2v) is 10.5. The van der Waals surface area contributed by atoms with E-state index in [1.165, 1.54) is 57.8 Å². The van der Waals surface area contributed by atoms with Gasteiger partial charge < -0.3 is 9.04 Å². The van der Waals surface area contributed by atoms with Crippen LogP contribution in [0, 0.1) is 0 Å². The van der Waals surface area contributed by atoms with Crippen molar-refractivity contribution in [2.75, 3.05) is 28.2 Å². The van der Waals surface area contributed by atoms with E-state index in [1.54, 1.807) is 12.1 Å². The fourth-order valence-corrected chi connectivity index (χ4v) is 3.60. The maximum atomic E-state index is 10.9. The van der Waals surface area contributed by atoms with Crippen molar-refractivity contribution in [1.82, 2.24) is 0 Å². The van der Waals surface area contributed by atoms with Gasteiger partial charge in [-0.05, 0) is 24.0 Å². The maximum Gasteiger partial charge on any atom is 0.0988 e. The molecule has 1 rings (SSSR count). The van der Waals surface area contributed by atoms with Gasteiger partial charge in [0, 0.05) is 0 Å². The van der Waals surface area contributed by atoms with Crippen LogP contribution in [0.25, 0.3) is 0 Å². The molecule has 0 radical (unpaired) electrons. The summed E-state index contributed by atoms with van der Waals surface area (Å²) in [5.41, 5.74) is 1.67. The van der Waals surface area contributed by atoms with Gasteiger partial charge in [0.05, 0.1) is 44.1 Å². The molecule has 1 aromatic carbocycles. The van der Waals surface area contributed by atoms with Crippen molar-refractivity contribution in [2.24, 2.45) is 0 Å². The minimum Gasteiger partial charge on any atom is -0.748 e. The molecule has 0 spiro atoms. The molecule has 0 atom stereocenters. The van der Waals surface area contributed by atoms with Gasteiger partial charge in [0.15, 0.2) is 0 Å². The van der Waals surface area contributed by atoms with Crippen molar-refractivity contribution in [3.63, 3.8) is 0 Å². The molecule has 5 heteroatoms. The Labute approximate surface area is 174 Å². The van der Waals surface area contributed by atoms with Gasteiger partial charge in [-0.3, -0.25) is 0 Å². The first-order chi connectivity index (χ1) is 13.0. The fraction of sp³-hybridized carbons (Fsp3) is 0.739. The summed E-state index contributed by atoms with van der Waals surface area (Å²) in [6, 6.07) is 7.39. The molecule has 28 heavy (non-hydrogen) atoms. The molecule has 0 aromatic heterocycles. The van der Waals surface area contributed by atoms with Crippen LogP contribution < -0.4 is 0 Å². The molecule has 0 amide bonds. The minimum atomic E-state index is -4.20. The van der Waals surface area contributed by atoms with Crippen LogP contribution in [0.2, 0.25) is 0 Å². The molecular weight excluding hydrogens is 370 g/mol. The zero-order chi connectivity index (χ0) is 21.5. The lowest BCUT2D eigenvalue weighted by Crippen LogP contribution is -2.27. The first-order valence-corrected chi connectivity index (χ1v) is 12.4. The molecule has 0 aliphatic rings. The van der Waals surface area contributed by atoms with Crippen molar-refractivity contribution in [1.29, 1.82) is 0 Å². The fourth-order valence-electron chi connectivity index (χ4n) is 2.94. The number of quaternary nitrogens is 1. The SMILES string of the molecule is CCCCCCCCCCCCc1ccccc1CS(=O)(=O)[O-].C[N+](C)(C)C. The predicted molar refractivity (Wildman–Crippen MR) is 119 cm³/mol. The Hall–Kier alpha value is -0.910. The molecule has 0 aliphatic carbocycles. The highest BCUT2D eigenvalue weighted by Crippen LogP contribution is 2.16. The van der Waals surface area contributed by atoms with Crippen LogP contribution in [0.3, 0.4) is 0 Å². The molecule has 4 nitrogen and oxygen atoms in total. The van der Waals surface area contributed by atoms with Crippen molar-refractivity contribution >= 4 is 10.1 Å². The Morgan fingerprint density at radius 1 is 0.750 bits per heavy atom. The van der Waals surface area contributed by atoms with Crippen molar-refractivity contribution in [3.05, 3.63) is 35.4 Å². The summed E-state index contributed by atoms with van der Waals surface area (Å²) in [5, 5.41) is 0. The molecule has 0 saturated heterocycles. The molecule has 0 heterocycles. The third-order valence-electron chi connectivity index (χ3n) is 4.25. The van der Waals surface area contributed by atoms with E-state index in [-0.39, 0.29) is 5.75 Å². The highest BCUT2D eigenvalue weighted by atomic mass is 32.2. The van der Waals surface area contributed by atoms with Crippen molar-refractivity contribution < 1.29 is 17.5 Å². The van der Waals surface area contributed by atoms with Crippen molar-refractivity contribution in [3.8, 4) is 0 Å². The molecular formula is C23H43NO3S. The third-order valence-corrected chi connectivity index (χ3v) is 4.91. The second-order valence-electron chi connectivity index (χ2n) is 9.09. The second kappa shape index (κ2) is 15.0. The third kappa shape index (κ3) is 19.8. The lowest BCUT2D eigenvalue weighted by molar-refractivity contribution is -0.849. The van der Waals surface area contributed by atoms with Crippen LogP contribution in [0.1, 0.15) is 82.3 Å². The van der Waals surface area contributed by atoms with E-state index in [4.69, 9.17) is 0 Å². The van der Waals surface area contributed by atoms with Crippen LogP contribution in [-0.4, -0.2) is 45.6 Å². The summed E-state index contributed by atoms with van der Waals surface area (Å²) < 4.78 is 33.8. The smallest absolute Gasteiger partial charge is 0.0988 e. The van der Waals surface area contributed by atoms with E-state index in [2.05, 4.69) is 35.1 Å². The highest BCUT2D eigenvalue weighted by molar-refractivity contribution is 7.84. The van der Waals surface area contributed by atoms with Gasteiger partial charge in [0.25, 0.3) is 0 Å². The average Bonchev–Trinajstić information content (AvgIpc) is 2.55. The lowest BCUT2D eigenvalue weighted by atomic mass is 10.0. The van der Waals surface area contributed by atoms with E-state index < -0.39 is 10.1 Å². The van der Waals surface area contributed by atoms with Gasteiger partial charge in [0.2, 0.25) is 0 Å². The Bertz CT molecular complexity index is 601. The average molecular weight is 414 g/mol. The number of aryl methyl sites for hydroxylation is 1. The van der Waals surface area contributed by atoms with Crippen molar-refractivity contribution in [2.45, 2.75) is 83.3 Å². The molecule has 1 aromatic rings. The molecule has 0 N–H and O–H groups in total. The molecule has 0 aliphatic heterocycles. The molecule has 0 saturated carbocycles. The van der Waals surface area contributed by atoms with E-state index in [0.717, 1.165) is 22.9 Å². The summed E-state index contributed by atoms with van der Waals surface area (Å²) in [7, 11) is 4.30. The van der Waals surface area contributed by atoms with Crippen LogP contribution in [-0.2, 0) is 22.3 Å². The maximum absolute atomic E-state index is 10.9. The van der Waals surface area contributed by atoms with Gasteiger partial charge in [0.1, 0.15) is 0 Å². The normalized spacial score (nSPS) is 11.8. The summed E-state index contributed by atoms with van der Waals surface area (Å²) in [5.74, 6) is -0.388. The number of hydrogen-bond donors (Lipinski definition) is 0. The van der Waals surface area contributed by atoms with E-state index in [1.807, 2.05) is 12.1 Å². The molecule has 164 valence electrons. The van der Waals surface area contributed by atoms with Crippen LogP contribution in [0.5, 0.6) is 0 Å². The minimum absolute atomic E-state index is 0.388. The van der Waals surface area contributed by atoms with Crippen LogP contribution in [0.4, 0.5) is 0 Å². The number of rotatable bonds is 13. The van der Waals surface area contributed by atoms with Crippen LogP contribution in [0.15, 0.2) is 24.3 Å². The number of benzene rings is 1. The number of nitrogens with zero attached hydrogens (tertiary/aromatic N) is 1. The van der Waals surface area contributed by atoms with E-state index >= 15 is 0 Å². The Morgan fingerprint density at radius 3 is 1.57 bits per heavy atom. The monoisotopic (exact) mass is 413 g/mol. The van der Waals surface area contributed by atoms with Crippen LogP contribution >= 0.6 is 0 Å². The van der Waals surface area contributed by atoms with Gasteiger partial charge in [-0.1, -0.05) is 89.0 Å². The standard InChI is InChI=1S/C19H32O3S.C4H12N/c1-2-3-4-5-6-7-8-9-10-11-14-18-15-12-13-16-19(18)17-23(20,21)22;1-5(2,3)4/h12-13,15-16H,2-11,14,17H2,1H3,(H,20,21,22);1-4H3/q;+1/p-1. The summed E-state index contributed by atoms with van der Waals surface area (Å²) >= 11 is 0. The number of unbranched alkanes of at least 4 members (excludes halogenated alkanes) is 9. The molecule has 0 bridgehead atoms. The zero-order valence-electron chi connectivity index (χ0n) is 18.9. The highest BCUT2D eigenvalue weighted by Gasteiger charge is 2.05. The Kier molecular flexibility index (Phi) is 14.5. The lowest BCUT2D eigenvalue weighted by Gasteiger charge is -2.14. The van der Waals surface area contributed by atoms with Gasteiger partial charge in [-0.15, -0.1) is 0 Å². The molecule has 0 fully saturated rings. The van der Waals surface area contributed by atoms with Gasteiger partial charge in [-0.2, -0.15) is 0 Å². The van der Waals surface area contributed by atoms with E-state index in [0.29, 0.717) is 5.56 Å². The number of hydrogen-bond acceptors (Lipinski definition) is 3. The van der Waals surface area contributed by atoms with Gasteiger partial charge in [-0.25, -0.2) is 8.42 Å². The summed E-state index contributed by atoms with van der Waals surface area (Å²) in [6.07, 6.45) is 13.7. The van der Waals surface area contributed by atoms with Gasteiger partial charge >= 0.3 is 0 Å². The first kappa shape index (κ1) is 27.1. The summed E-state index contributed by atoms with van der Waals surface area (Å²) in [6.45, 7) is 2.24. The summed E-state index contributed by atoms with van der Waals surface area (Å²) in [4.78, 5) is 0. The predicted octanol–water partition coefficient (Wildman–Crippen LogP) is 5.52. The first-order valence-electron chi connectivity index (χ1n) is 10.8. The zero-order valence-corrected chi connectivity index (χ0v) is 19.7. The largest absolute Gasteiger partial charge is 0.748 e. The molecule has 0 unspecified atom stereocenters. The Morgan fingerprint density at radius 2 is 1.14 bits per heavy atom. The Balaban J connectivity index is 0.00000129.